The molecule has 0 N–H and O–H groups in total. The molecule has 10 aromatic rings. The maximum atomic E-state index is 2.45. The maximum Gasteiger partial charge on any atom is 0.0575 e. The number of rotatable bonds is 6. The Kier molecular flexibility index (Phi) is 7.04. The number of thiophene rings is 1. The molecular formula is C48H32N2S. The molecule has 0 bridgehead atoms. The maximum absolute atomic E-state index is 2.45. The van der Waals surface area contributed by atoms with Gasteiger partial charge in [0.1, 0.15) is 0 Å². The van der Waals surface area contributed by atoms with Gasteiger partial charge in [-0.05, 0) is 105 Å². The van der Waals surface area contributed by atoms with Crippen LogP contribution in [-0.2, 0) is 0 Å². The number of anilines is 6. The Morgan fingerprint density at radius 1 is 0.294 bits per heavy atom. The van der Waals surface area contributed by atoms with E-state index in [1.807, 2.05) is 11.3 Å². The van der Waals surface area contributed by atoms with Crippen molar-refractivity contribution in [2.75, 3.05) is 9.80 Å². The number of hydrogen-bond donors (Lipinski definition) is 0. The van der Waals surface area contributed by atoms with Crippen molar-refractivity contribution in [2.24, 2.45) is 0 Å². The minimum absolute atomic E-state index is 1.11. The van der Waals surface area contributed by atoms with Crippen LogP contribution in [0.25, 0.3) is 52.5 Å². The summed E-state index contributed by atoms with van der Waals surface area (Å²) in [7, 11) is 0. The fourth-order valence-corrected chi connectivity index (χ4v) is 8.71. The summed E-state index contributed by atoms with van der Waals surface area (Å²) in [5.41, 5.74) is 6.72. The third-order valence-corrected chi connectivity index (χ3v) is 11.0. The Labute approximate surface area is 300 Å². The van der Waals surface area contributed by atoms with Gasteiger partial charge in [-0.1, -0.05) is 121 Å². The number of nitrogens with zero attached hydrogens (tertiary/aromatic N) is 2. The molecule has 0 fully saturated rings. The lowest BCUT2D eigenvalue weighted by Gasteiger charge is -2.30. The molecular weight excluding hydrogens is 637 g/mol. The highest BCUT2D eigenvalue weighted by Crippen LogP contribution is 2.50. The Morgan fingerprint density at radius 3 is 1.35 bits per heavy atom. The van der Waals surface area contributed by atoms with E-state index in [2.05, 4.69) is 204 Å². The van der Waals surface area contributed by atoms with Crippen molar-refractivity contribution in [3.63, 3.8) is 0 Å². The van der Waals surface area contributed by atoms with Crippen LogP contribution in [0, 0.1) is 0 Å². The topological polar surface area (TPSA) is 6.48 Å². The molecule has 9 aromatic carbocycles. The van der Waals surface area contributed by atoms with E-state index in [4.69, 9.17) is 0 Å². The summed E-state index contributed by atoms with van der Waals surface area (Å²) >= 11 is 1.87. The third kappa shape index (κ3) is 5.18. The zero-order chi connectivity index (χ0) is 33.7. The van der Waals surface area contributed by atoms with Crippen molar-refractivity contribution in [2.45, 2.75) is 0 Å². The second-order valence-corrected chi connectivity index (χ2v) is 14.1. The van der Waals surface area contributed by atoms with Gasteiger partial charge in [0.05, 0.1) is 5.69 Å². The molecule has 0 aliphatic heterocycles. The van der Waals surface area contributed by atoms with Crippen molar-refractivity contribution in [3.8, 4) is 0 Å². The molecule has 51 heavy (non-hydrogen) atoms. The summed E-state index contributed by atoms with van der Waals surface area (Å²) in [6.07, 6.45) is 0. The predicted molar refractivity (Wildman–Crippen MR) is 221 cm³/mol. The summed E-state index contributed by atoms with van der Waals surface area (Å²) in [5, 5.41) is 9.93. The summed E-state index contributed by atoms with van der Waals surface area (Å²) in [5.74, 6) is 0. The zero-order valence-electron chi connectivity index (χ0n) is 27.8. The fourth-order valence-electron chi connectivity index (χ4n) is 7.52. The van der Waals surface area contributed by atoms with E-state index in [0.717, 1.165) is 34.1 Å². The smallest absolute Gasteiger partial charge is 0.0575 e. The van der Waals surface area contributed by atoms with Gasteiger partial charge in [0.25, 0.3) is 0 Å². The standard InChI is InChI=1S/C48H32N2S/c1-3-19-39(20-4-1)49(41-25-23-33-13-7-9-15-35(33)27-41)43-31-45(48-44-29-37-17-11-12-18-38(37)30-46(44)51-47(48)32-43)50(40-21-5-2-6-22-40)42-26-24-34-14-8-10-16-36(34)28-42/h1-32H. The summed E-state index contributed by atoms with van der Waals surface area (Å²) in [6.45, 7) is 0. The van der Waals surface area contributed by atoms with Crippen molar-refractivity contribution in [1.82, 2.24) is 0 Å². The lowest BCUT2D eigenvalue weighted by Crippen LogP contribution is -2.13. The monoisotopic (exact) mass is 668 g/mol. The zero-order valence-corrected chi connectivity index (χ0v) is 28.6. The Hall–Kier alpha value is -6.42. The number of fused-ring (bicyclic) bond motifs is 6. The van der Waals surface area contributed by atoms with Crippen LogP contribution in [0.4, 0.5) is 34.1 Å². The van der Waals surface area contributed by atoms with Gasteiger partial charge in [-0.15, -0.1) is 11.3 Å². The highest BCUT2D eigenvalue weighted by Gasteiger charge is 2.23. The molecule has 3 heteroatoms. The summed E-state index contributed by atoms with van der Waals surface area (Å²) in [4.78, 5) is 4.85. The molecule has 0 unspecified atom stereocenters. The quantitative estimate of drug-likeness (QED) is 0.174. The Morgan fingerprint density at radius 2 is 0.765 bits per heavy atom. The first-order chi connectivity index (χ1) is 25.3. The number of benzene rings is 9. The molecule has 0 amide bonds. The molecule has 0 saturated heterocycles. The van der Waals surface area contributed by atoms with Gasteiger partial charge >= 0.3 is 0 Å². The van der Waals surface area contributed by atoms with Crippen LogP contribution in [-0.4, -0.2) is 0 Å². The van der Waals surface area contributed by atoms with Crippen LogP contribution in [0.1, 0.15) is 0 Å². The Bertz CT molecular complexity index is 2880. The molecule has 10 rings (SSSR count). The van der Waals surface area contributed by atoms with Gasteiger partial charge in [-0.25, -0.2) is 0 Å². The summed E-state index contributed by atoms with van der Waals surface area (Å²) in [6, 6.07) is 70.6. The number of hydrogen-bond acceptors (Lipinski definition) is 3. The van der Waals surface area contributed by atoms with E-state index in [9.17, 15) is 0 Å². The van der Waals surface area contributed by atoms with Gasteiger partial charge in [-0.2, -0.15) is 0 Å². The van der Waals surface area contributed by atoms with Crippen LogP contribution in [0.5, 0.6) is 0 Å². The second kappa shape index (κ2) is 12.2. The normalized spacial score (nSPS) is 11.5. The molecule has 2 nitrogen and oxygen atoms in total. The summed E-state index contributed by atoms with van der Waals surface area (Å²) < 4.78 is 2.53. The Balaban J connectivity index is 1.31. The van der Waals surface area contributed by atoms with Gasteiger partial charge < -0.3 is 9.80 Å². The molecule has 0 radical (unpaired) electrons. The van der Waals surface area contributed by atoms with Gasteiger partial charge in [0, 0.05) is 48.6 Å². The van der Waals surface area contributed by atoms with Crippen LogP contribution in [0.3, 0.4) is 0 Å². The van der Waals surface area contributed by atoms with E-state index in [0.29, 0.717) is 0 Å². The molecule has 0 aliphatic carbocycles. The molecule has 1 aromatic heterocycles. The van der Waals surface area contributed by atoms with E-state index >= 15 is 0 Å². The molecule has 240 valence electrons. The number of para-hydroxylation sites is 2. The molecule has 0 saturated carbocycles. The van der Waals surface area contributed by atoms with E-state index in [-0.39, 0.29) is 0 Å². The first kappa shape index (κ1) is 29.5. The van der Waals surface area contributed by atoms with Crippen molar-refractivity contribution >= 4 is 98.0 Å². The fraction of sp³-hybridized carbons (Fsp3) is 0. The first-order valence-corrected chi connectivity index (χ1v) is 18.2. The minimum Gasteiger partial charge on any atom is -0.310 e. The highest BCUT2D eigenvalue weighted by molar-refractivity contribution is 7.26. The lowest BCUT2D eigenvalue weighted by atomic mass is 10.0. The van der Waals surface area contributed by atoms with E-state index < -0.39 is 0 Å². The van der Waals surface area contributed by atoms with Crippen molar-refractivity contribution in [1.29, 1.82) is 0 Å². The van der Waals surface area contributed by atoms with Gasteiger partial charge in [-0.3, -0.25) is 0 Å². The van der Waals surface area contributed by atoms with Crippen molar-refractivity contribution in [3.05, 3.63) is 194 Å². The largest absolute Gasteiger partial charge is 0.310 e. The van der Waals surface area contributed by atoms with Crippen LogP contribution >= 0.6 is 11.3 Å². The molecule has 0 spiro atoms. The first-order valence-electron chi connectivity index (χ1n) is 17.3. The van der Waals surface area contributed by atoms with E-state index in [1.165, 1.54) is 52.5 Å². The SMILES string of the molecule is c1ccc(N(c2ccc3ccccc3c2)c2cc(N(c3ccccc3)c3ccc4ccccc4c3)c3c(c2)sc2cc4ccccc4cc23)cc1. The van der Waals surface area contributed by atoms with E-state index in [1.54, 1.807) is 0 Å². The van der Waals surface area contributed by atoms with Crippen LogP contribution in [0.15, 0.2) is 194 Å². The molecule has 0 aliphatic rings. The van der Waals surface area contributed by atoms with Gasteiger partial charge in [0.2, 0.25) is 0 Å². The second-order valence-electron chi connectivity index (χ2n) is 13.0. The van der Waals surface area contributed by atoms with Gasteiger partial charge in [0.15, 0.2) is 0 Å². The average Bonchev–Trinajstić information content (AvgIpc) is 3.55. The highest BCUT2D eigenvalue weighted by atomic mass is 32.1. The minimum atomic E-state index is 1.11. The van der Waals surface area contributed by atoms with Crippen molar-refractivity contribution < 1.29 is 0 Å². The third-order valence-electron chi connectivity index (χ3n) is 9.91. The van der Waals surface area contributed by atoms with Crippen LogP contribution < -0.4 is 9.80 Å². The average molecular weight is 669 g/mol. The molecule has 1 heterocycles. The molecule has 0 atom stereocenters. The lowest BCUT2D eigenvalue weighted by molar-refractivity contribution is 1.27. The van der Waals surface area contributed by atoms with Crippen LogP contribution in [0.2, 0.25) is 0 Å². The predicted octanol–water partition coefficient (Wildman–Crippen LogP) is 14.5.